The number of aryl methyl sites for hydroxylation is 2. The molecule has 0 radical (unpaired) electrons. The topological polar surface area (TPSA) is 22.0 Å². The summed E-state index contributed by atoms with van der Waals surface area (Å²) < 4.78 is 2.14. The third-order valence-electron chi connectivity index (χ3n) is 3.76. The highest BCUT2D eigenvalue weighted by atomic mass is 35.5. The van der Waals surface area contributed by atoms with Crippen LogP contribution in [0.2, 0.25) is 5.02 Å². The van der Waals surface area contributed by atoms with E-state index in [0.29, 0.717) is 6.42 Å². The third-order valence-corrected chi connectivity index (χ3v) is 4.17. The number of fused-ring (bicyclic) bond motifs is 3. The summed E-state index contributed by atoms with van der Waals surface area (Å²) in [4.78, 5) is 12.1. The Balaban J connectivity index is 2.49. The number of carbonyl (C=O) groups excluding carboxylic acids is 1. The zero-order valence-electron chi connectivity index (χ0n) is 10.0. The number of Topliss-reactive ketones (excluding diaryl/α,β-unsaturated/α-hetero) is 1. The Bertz CT molecular complexity index is 639. The van der Waals surface area contributed by atoms with Gasteiger partial charge in [-0.3, -0.25) is 4.79 Å². The molecule has 1 aliphatic rings. The van der Waals surface area contributed by atoms with Crippen LogP contribution in [-0.4, -0.2) is 10.4 Å². The lowest BCUT2D eigenvalue weighted by Crippen LogP contribution is -2.11. The average Bonchev–Trinajstić information content (AvgIpc) is 2.60. The number of nitrogens with zero attached hydrogens (tertiary/aromatic N) is 1. The lowest BCUT2D eigenvalue weighted by atomic mass is 9.94. The monoisotopic (exact) mass is 247 g/mol. The summed E-state index contributed by atoms with van der Waals surface area (Å²) in [7, 11) is 2.03. The molecular weight excluding hydrogens is 234 g/mol. The van der Waals surface area contributed by atoms with Gasteiger partial charge in [0.2, 0.25) is 0 Å². The molecule has 0 N–H and O–H groups in total. The first-order valence-electron chi connectivity index (χ1n) is 5.91. The van der Waals surface area contributed by atoms with Crippen molar-refractivity contribution in [1.82, 2.24) is 4.57 Å². The summed E-state index contributed by atoms with van der Waals surface area (Å²) in [6.45, 7) is 2.01. The molecule has 0 bridgehead atoms. The second kappa shape index (κ2) is 3.61. The Kier molecular flexibility index (Phi) is 2.30. The van der Waals surface area contributed by atoms with E-state index in [2.05, 4.69) is 4.57 Å². The summed E-state index contributed by atoms with van der Waals surface area (Å²) in [5, 5.41) is 1.83. The molecule has 3 rings (SSSR count). The van der Waals surface area contributed by atoms with Crippen molar-refractivity contribution in [2.24, 2.45) is 7.05 Å². The van der Waals surface area contributed by atoms with E-state index in [1.165, 1.54) is 5.69 Å². The molecular formula is C14H14ClNO. The summed E-state index contributed by atoms with van der Waals surface area (Å²) in [6, 6.07) is 3.87. The molecule has 0 fully saturated rings. The van der Waals surface area contributed by atoms with Gasteiger partial charge >= 0.3 is 0 Å². The van der Waals surface area contributed by atoms with E-state index >= 15 is 0 Å². The minimum atomic E-state index is 0.276. The molecule has 88 valence electrons. The number of aromatic nitrogens is 1. The maximum Gasteiger partial charge on any atom is 0.165 e. The Morgan fingerprint density at radius 1 is 1.29 bits per heavy atom. The lowest BCUT2D eigenvalue weighted by Gasteiger charge is -2.12. The zero-order chi connectivity index (χ0) is 12.2. The standard InChI is InChI=1S/C14H14ClNO/c1-8-10(15)7-6-9-13-11(16(2)14(8)9)4-3-5-12(13)17/h6-7H,3-5H2,1-2H3. The van der Waals surface area contributed by atoms with Crippen LogP contribution in [0, 0.1) is 6.92 Å². The maximum absolute atomic E-state index is 12.1. The number of rotatable bonds is 0. The first-order chi connectivity index (χ1) is 8.11. The van der Waals surface area contributed by atoms with E-state index < -0.39 is 0 Å². The number of hydrogen-bond donors (Lipinski definition) is 0. The molecule has 0 aliphatic heterocycles. The molecule has 0 unspecified atom stereocenters. The van der Waals surface area contributed by atoms with Gasteiger partial charge in [-0.25, -0.2) is 0 Å². The van der Waals surface area contributed by atoms with E-state index in [9.17, 15) is 4.79 Å². The van der Waals surface area contributed by atoms with Gasteiger partial charge in [0.25, 0.3) is 0 Å². The van der Waals surface area contributed by atoms with Crippen molar-refractivity contribution in [3.63, 3.8) is 0 Å². The first-order valence-corrected chi connectivity index (χ1v) is 6.28. The van der Waals surface area contributed by atoms with Gasteiger partial charge in [0.05, 0.1) is 5.52 Å². The Hall–Kier alpha value is -1.28. The van der Waals surface area contributed by atoms with Crippen LogP contribution in [0.3, 0.4) is 0 Å². The van der Waals surface area contributed by atoms with Crippen LogP contribution < -0.4 is 0 Å². The number of hydrogen-bond acceptors (Lipinski definition) is 1. The smallest absolute Gasteiger partial charge is 0.165 e. The van der Waals surface area contributed by atoms with Crippen molar-refractivity contribution < 1.29 is 4.79 Å². The van der Waals surface area contributed by atoms with Gasteiger partial charge in [-0.05, 0) is 31.4 Å². The molecule has 0 spiro atoms. The predicted octanol–water partition coefficient (Wildman–Crippen LogP) is 3.66. The molecule has 2 nitrogen and oxygen atoms in total. The highest BCUT2D eigenvalue weighted by Gasteiger charge is 2.25. The van der Waals surface area contributed by atoms with E-state index in [-0.39, 0.29) is 5.78 Å². The molecule has 0 amide bonds. The Morgan fingerprint density at radius 3 is 2.82 bits per heavy atom. The largest absolute Gasteiger partial charge is 0.347 e. The minimum absolute atomic E-state index is 0.276. The van der Waals surface area contributed by atoms with Gasteiger partial charge in [0.1, 0.15) is 0 Å². The fraction of sp³-hybridized carbons (Fsp3) is 0.357. The van der Waals surface area contributed by atoms with E-state index in [0.717, 1.165) is 39.9 Å². The number of halogens is 1. The summed E-state index contributed by atoms with van der Waals surface area (Å²) in [5.74, 6) is 0.276. The fourth-order valence-electron chi connectivity index (χ4n) is 2.91. The molecule has 0 saturated heterocycles. The summed E-state index contributed by atoms with van der Waals surface area (Å²) >= 11 is 6.16. The molecule has 1 heterocycles. The van der Waals surface area contributed by atoms with Crippen molar-refractivity contribution in [1.29, 1.82) is 0 Å². The van der Waals surface area contributed by atoms with Crippen LogP contribution in [0.4, 0.5) is 0 Å². The number of ketones is 1. The zero-order valence-corrected chi connectivity index (χ0v) is 10.8. The summed E-state index contributed by atoms with van der Waals surface area (Å²) in [6.07, 6.45) is 2.62. The van der Waals surface area contributed by atoms with Gasteiger partial charge < -0.3 is 4.57 Å². The van der Waals surface area contributed by atoms with Gasteiger partial charge in [-0.2, -0.15) is 0 Å². The van der Waals surface area contributed by atoms with Crippen molar-refractivity contribution in [2.75, 3.05) is 0 Å². The molecule has 1 aliphatic carbocycles. The van der Waals surface area contributed by atoms with Crippen molar-refractivity contribution in [2.45, 2.75) is 26.2 Å². The van der Waals surface area contributed by atoms with Crippen LogP contribution in [0.1, 0.15) is 34.5 Å². The van der Waals surface area contributed by atoms with Crippen LogP contribution >= 0.6 is 11.6 Å². The van der Waals surface area contributed by atoms with E-state index in [1.807, 2.05) is 26.1 Å². The predicted molar refractivity (Wildman–Crippen MR) is 69.9 cm³/mol. The minimum Gasteiger partial charge on any atom is -0.347 e. The quantitative estimate of drug-likeness (QED) is 0.696. The maximum atomic E-state index is 12.1. The lowest BCUT2D eigenvalue weighted by molar-refractivity contribution is 0.0973. The molecule has 0 saturated carbocycles. The normalized spacial score (nSPS) is 15.4. The van der Waals surface area contributed by atoms with Crippen LogP contribution in [-0.2, 0) is 13.5 Å². The van der Waals surface area contributed by atoms with Gasteiger partial charge in [0.15, 0.2) is 5.78 Å². The van der Waals surface area contributed by atoms with Crippen molar-refractivity contribution in [3.8, 4) is 0 Å². The van der Waals surface area contributed by atoms with Gasteiger partial charge in [0, 0.05) is 35.1 Å². The number of benzene rings is 1. The highest BCUT2D eigenvalue weighted by molar-refractivity contribution is 6.32. The SMILES string of the molecule is Cc1c(Cl)ccc2c3c(n(C)c12)CCCC3=O. The van der Waals surface area contributed by atoms with Gasteiger partial charge in [-0.1, -0.05) is 17.7 Å². The van der Waals surface area contributed by atoms with Crippen LogP contribution in [0.5, 0.6) is 0 Å². The molecule has 0 atom stereocenters. The van der Waals surface area contributed by atoms with Crippen LogP contribution in [0.15, 0.2) is 12.1 Å². The van der Waals surface area contributed by atoms with E-state index in [4.69, 9.17) is 11.6 Å². The van der Waals surface area contributed by atoms with Crippen molar-refractivity contribution in [3.05, 3.63) is 34.0 Å². The first kappa shape index (κ1) is 10.8. The number of carbonyl (C=O) groups is 1. The molecule has 1 aromatic carbocycles. The van der Waals surface area contributed by atoms with Gasteiger partial charge in [-0.15, -0.1) is 0 Å². The van der Waals surface area contributed by atoms with Crippen LogP contribution in [0.25, 0.3) is 10.9 Å². The Labute approximate surface area is 105 Å². The Morgan fingerprint density at radius 2 is 2.06 bits per heavy atom. The molecule has 2 aromatic rings. The highest BCUT2D eigenvalue weighted by Crippen LogP contribution is 2.35. The third kappa shape index (κ3) is 1.37. The molecule has 17 heavy (non-hydrogen) atoms. The second-order valence-corrected chi connectivity index (χ2v) is 5.13. The molecule has 1 aromatic heterocycles. The fourth-order valence-corrected chi connectivity index (χ4v) is 3.07. The summed E-state index contributed by atoms with van der Waals surface area (Å²) in [5.41, 5.74) is 4.27. The molecule has 3 heteroatoms. The second-order valence-electron chi connectivity index (χ2n) is 4.73. The van der Waals surface area contributed by atoms with E-state index in [1.54, 1.807) is 0 Å². The average molecular weight is 248 g/mol. The van der Waals surface area contributed by atoms with Crippen molar-refractivity contribution >= 4 is 28.3 Å².